The van der Waals surface area contributed by atoms with Gasteiger partial charge in [0.2, 0.25) is 6.79 Å². The van der Waals surface area contributed by atoms with Gasteiger partial charge >= 0.3 is 0 Å². The van der Waals surface area contributed by atoms with Crippen LogP contribution in [0.1, 0.15) is 18.5 Å². The first-order chi connectivity index (χ1) is 12.3. The van der Waals surface area contributed by atoms with Crippen LogP contribution in [0.4, 0.5) is 0 Å². The van der Waals surface area contributed by atoms with Crippen molar-refractivity contribution in [2.45, 2.75) is 13.0 Å². The third-order valence-electron chi connectivity index (χ3n) is 3.88. The molecule has 132 valence electrons. The predicted molar refractivity (Wildman–Crippen MR) is 97.4 cm³/mol. The minimum atomic E-state index is 0.169. The molecule has 1 aliphatic rings. The number of ether oxygens (including phenoxy) is 3. The van der Waals surface area contributed by atoms with Crippen molar-refractivity contribution < 1.29 is 14.2 Å². The Morgan fingerprint density at radius 1 is 1.16 bits per heavy atom. The highest BCUT2D eigenvalue weighted by atomic mass is 16.7. The maximum absolute atomic E-state index is 5.73. The molecule has 0 aliphatic carbocycles. The largest absolute Gasteiger partial charge is 0.492 e. The average molecular weight is 341 g/mol. The van der Waals surface area contributed by atoms with Crippen molar-refractivity contribution >= 4 is 5.96 Å². The van der Waals surface area contributed by atoms with Gasteiger partial charge in [-0.15, -0.1) is 0 Å². The van der Waals surface area contributed by atoms with Gasteiger partial charge in [0.15, 0.2) is 17.5 Å². The van der Waals surface area contributed by atoms with Gasteiger partial charge in [0, 0.05) is 13.1 Å². The van der Waals surface area contributed by atoms with Crippen molar-refractivity contribution in [3.05, 3.63) is 54.1 Å². The van der Waals surface area contributed by atoms with E-state index in [0.29, 0.717) is 13.2 Å². The van der Waals surface area contributed by atoms with Crippen LogP contribution in [0.25, 0.3) is 0 Å². The third kappa shape index (κ3) is 4.56. The van der Waals surface area contributed by atoms with E-state index in [1.54, 1.807) is 7.05 Å². The molecule has 0 saturated carbocycles. The van der Waals surface area contributed by atoms with Crippen LogP contribution in [0.15, 0.2) is 53.5 Å². The van der Waals surface area contributed by atoms with Gasteiger partial charge in [-0.1, -0.05) is 30.3 Å². The van der Waals surface area contributed by atoms with E-state index in [-0.39, 0.29) is 12.8 Å². The summed E-state index contributed by atoms with van der Waals surface area (Å²) in [6.45, 7) is 3.52. The van der Waals surface area contributed by atoms with Gasteiger partial charge in [0.05, 0.1) is 12.6 Å². The van der Waals surface area contributed by atoms with Crippen LogP contribution in [0.5, 0.6) is 17.2 Å². The summed E-state index contributed by atoms with van der Waals surface area (Å²) in [5.74, 6) is 2.97. The Labute approximate surface area is 147 Å². The number of fused-ring (bicyclic) bond motifs is 1. The van der Waals surface area contributed by atoms with Crippen LogP contribution >= 0.6 is 0 Å². The van der Waals surface area contributed by atoms with Crippen molar-refractivity contribution in [1.82, 2.24) is 10.6 Å². The van der Waals surface area contributed by atoms with Crippen molar-refractivity contribution in [3.63, 3.8) is 0 Å². The topological polar surface area (TPSA) is 64.1 Å². The maximum atomic E-state index is 5.73. The van der Waals surface area contributed by atoms with Gasteiger partial charge in [-0.2, -0.15) is 0 Å². The van der Waals surface area contributed by atoms with E-state index in [2.05, 4.69) is 34.7 Å². The van der Waals surface area contributed by atoms with E-state index in [4.69, 9.17) is 14.2 Å². The van der Waals surface area contributed by atoms with Gasteiger partial charge in [-0.05, 0) is 24.6 Å². The highest BCUT2D eigenvalue weighted by Crippen LogP contribution is 2.34. The van der Waals surface area contributed by atoms with E-state index >= 15 is 0 Å². The van der Waals surface area contributed by atoms with Crippen molar-refractivity contribution in [2.24, 2.45) is 4.99 Å². The number of aliphatic imine (C=N–C) groups is 1. The molecule has 0 radical (unpaired) electrons. The second-order valence-corrected chi connectivity index (χ2v) is 5.64. The molecule has 0 spiro atoms. The zero-order valence-electron chi connectivity index (χ0n) is 14.5. The molecule has 1 aliphatic heterocycles. The van der Waals surface area contributed by atoms with Crippen molar-refractivity contribution in [1.29, 1.82) is 0 Å². The first kappa shape index (κ1) is 17.0. The Morgan fingerprint density at radius 2 is 1.96 bits per heavy atom. The van der Waals surface area contributed by atoms with Gasteiger partial charge in [-0.25, -0.2) is 0 Å². The van der Waals surface area contributed by atoms with Crippen LogP contribution in [-0.2, 0) is 0 Å². The number of rotatable bonds is 6. The molecule has 0 amide bonds. The average Bonchev–Trinajstić information content (AvgIpc) is 3.12. The van der Waals surface area contributed by atoms with Gasteiger partial charge in [-0.3, -0.25) is 4.99 Å². The Balaban J connectivity index is 1.43. The molecule has 2 aromatic rings. The number of nitrogens with one attached hydrogen (secondary N) is 2. The Morgan fingerprint density at radius 3 is 2.76 bits per heavy atom. The van der Waals surface area contributed by atoms with Crippen LogP contribution in [0.2, 0.25) is 0 Å². The second kappa shape index (κ2) is 8.28. The first-order valence-corrected chi connectivity index (χ1v) is 8.31. The fourth-order valence-electron chi connectivity index (χ4n) is 2.53. The summed E-state index contributed by atoms with van der Waals surface area (Å²) >= 11 is 0. The minimum absolute atomic E-state index is 0.169. The highest BCUT2D eigenvalue weighted by Gasteiger charge is 2.13. The first-order valence-electron chi connectivity index (χ1n) is 8.31. The summed E-state index contributed by atoms with van der Waals surface area (Å²) < 4.78 is 16.4. The van der Waals surface area contributed by atoms with E-state index in [1.165, 1.54) is 5.56 Å². The fraction of sp³-hybridized carbons (Fsp3) is 0.316. The summed E-state index contributed by atoms with van der Waals surface area (Å²) in [5.41, 5.74) is 1.21. The number of benzene rings is 2. The van der Waals surface area contributed by atoms with E-state index in [1.807, 2.05) is 36.4 Å². The number of hydrogen-bond acceptors (Lipinski definition) is 4. The quantitative estimate of drug-likeness (QED) is 0.480. The number of guanidine groups is 1. The van der Waals surface area contributed by atoms with Crippen LogP contribution in [-0.4, -0.2) is 33.0 Å². The third-order valence-corrected chi connectivity index (χ3v) is 3.88. The minimum Gasteiger partial charge on any atom is -0.492 e. The van der Waals surface area contributed by atoms with E-state index in [9.17, 15) is 0 Å². The standard InChI is InChI=1S/C19H23N3O3/c1-14(15-6-4-3-5-7-15)22-19(20-2)21-10-11-23-16-8-9-17-18(12-16)25-13-24-17/h3-9,12,14H,10-11,13H2,1-2H3,(H2,20,21,22). The lowest BCUT2D eigenvalue weighted by atomic mass is 10.1. The molecular formula is C19H23N3O3. The van der Waals surface area contributed by atoms with Crippen LogP contribution in [0, 0.1) is 0 Å². The lowest BCUT2D eigenvalue weighted by Gasteiger charge is -2.18. The molecule has 25 heavy (non-hydrogen) atoms. The smallest absolute Gasteiger partial charge is 0.231 e. The summed E-state index contributed by atoms with van der Waals surface area (Å²) in [6, 6.07) is 16.0. The molecular weight excluding hydrogens is 318 g/mol. The Hall–Kier alpha value is -2.89. The van der Waals surface area contributed by atoms with Gasteiger partial charge < -0.3 is 24.8 Å². The maximum Gasteiger partial charge on any atom is 0.231 e. The molecule has 6 heteroatoms. The van der Waals surface area contributed by atoms with Gasteiger partial charge in [0.25, 0.3) is 0 Å². The Kier molecular flexibility index (Phi) is 5.61. The van der Waals surface area contributed by atoms with Gasteiger partial charge in [0.1, 0.15) is 12.4 Å². The molecule has 1 unspecified atom stereocenters. The summed E-state index contributed by atoms with van der Waals surface area (Å²) in [7, 11) is 1.76. The summed E-state index contributed by atoms with van der Waals surface area (Å²) in [6.07, 6.45) is 0. The SMILES string of the molecule is CN=C(NCCOc1ccc2c(c1)OCO2)NC(C)c1ccccc1. The molecule has 0 saturated heterocycles. The highest BCUT2D eigenvalue weighted by molar-refractivity contribution is 5.80. The molecule has 1 atom stereocenters. The van der Waals surface area contributed by atoms with E-state index < -0.39 is 0 Å². The van der Waals surface area contributed by atoms with Crippen molar-refractivity contribution in [3.8, 4) is 17.2 Å². The zero-order chi connectivity index (χ0) is 17.5. The molecule has 1 heterocycles. The zero-order valence-corrected chi connectivity index (χ0v) is 14.5. The molecule has 3 rings (SSSR count). The van der Waals surface area contributed by atoms with Crippen molar-refractivity contribution in [2.75, 3.05) is 27.0 Å². The summed E-state index contributed by atoms with van der Waals surface area (Å²) in [5, 5.41) is 6.61. The fourth-order valence-corrected chi connectivity index (χ4v) is 2.53. The number of hydrogen-bond donors (Lipinski definition) is 2. The molecule has 0 aromatic heterocycles. The van der Waals surface area contributed by atoms with E-state index in [0.717, 1.165) is 23.2 Å². The monoisotopic (exact) mass is 341 g/mol. The molecule has 2 aromatic carbocycles. The molecule has 6 nitrogen and oxygen atoms in total. The van der Waals surface area contributed by atoms with Crippen LogP contribution < -0.4 is 24.8 Å². The lowest BCUT2D eigenvalue weighted by molar-refractivity contribution is 0.173. The normalized spacial score (nSPS) is 14.1. The molecule has 0 fully saturated rings. The predicted octanol–water partition coefficient (Wildman–Crippen LogP) is 2.72. The molecule has 0 bridgehead atoms. The van der Waals surface area contributed by atoms with Crippen LogP contribution in [0.3, 0.4) is 0 Å². The second-order valence-electron chi connectivity index (χ2n) is 5.64. The number of nitrogens with zero attached hydrogens (tertiary/aromatic N) is 1. The lowest BCUT2D eigenvalue weighted by Crippen LogP contribution is -2.40. The molecule has 2 N–H and O–H groups in total. The summed E-state index contributed by atoms with van der Waals surface area (Å²) in [4.78, 5) is 4.25. The Bertz CT molecular complexity index is 719.